The summed E-state index contributed by atoms with van der Waals surface area (Å²) < 4.78 is 25.1. The molecule has 0 unspecified atom stereocenters. The van der Waals surface area contributed by atoms with E-state index in [4.69, 9.17) is 5.11 Å². The van der Waals surface area contributed by atoms with Crippen molar-refractivity contribution < 1.29 is 18.3 Å². The van der Waals surface area contributed by atoms with Gasteiger partial charge in [0.15, 0.2) is 0 Å². The van der Waals surface area contributed by atoms with Crippen molar-refractivity contribution in [1.82, 2.24) is 9.71 Å². The maximum absolute atomic E-state index is 11.4. The quantitative estimate of drug-likeness (QED) is 0.764. The number of nitrogens with one attached hydrogen (secondary N) is 1. The van der Waals surface area contributed by atoms with Crippen LogP contribution in [0.2, 0.25) is 0 Å². The summed E-state index contributed by atoms with van der Waals surface area (Å²) in [6.45, 7) is 1.88. The van der Waals surface area contributed by atoms with E-state index in [-0.39, 0.29) is 6.54 Å². The molecular formula is C10H14N2O4S. The summed E-state index contributed by atoms with van der Waals surface area (Å²) in [7, 11) is -3.56. The number of nitrogens with zero attached hydrogens (tertiary/aromatic N) is 1. The lowest BCUT2D eigenvalue weighted by Gasteiger charge is -2.05. The minimum Gasteiger partial charge on any atom is -0.481 e. The van der Waals surface area contributed by atoms with E-state index in [0.29, 0.717) is 5.69 Å². The average Bonchev–Trinajstić information content (AvgIpc) is 2.24. The minimum atomic E-state index is -3.56. The molecule has 1 heterocycles. The average molecular weight is 258 g/mol. The first kappa shape index (κ1) is 13.6. The Kier molecular flexibility index (Phi) is 4.59. The van der Waals surface area contributed by atoms with Gasteiger partial charge in [-0.25, -0.2) is 13.1 Å². The van der Waals surface area contributed by atoms with Crippen LogP contribution in [-0.4, -0.2) is 30.2 Å². The van der Waals surface area contributed by atoms with Gasteiger partial charge >= 0.3 is 5.97 Å². The summed E-state index contributed by atoms with van der Waals surface area (Å²) in [6, 6.07) is 5.29. The summed E-state index contributed by atoms with van der Waals surface area (Å²) in [5.41, 5.74) is 1.40. The second kappa shape index (κ2) is 5.74. The van der Waals surface area contributed by atoms with E-state index in [2.05, 4.69) is 9.71 Å². The Bertz CT molecular complexity index is 499. The van der Waals surface area contributed by atoms with Crippen LogP contribution in [-0.2, 0) is 21.4 Å². The molecule has 94 valence electrons. The van der Waals surface area contributed by atoms with Gasteiger partial charge in [0.05, 0.1) is 24.4 Å². The fourth-order valence-corrected chi connectivity index (χ4v) is 2.13. The van der Waals surface area contributed by atoms with Crippen molar-refractivity contribution in [2.24, 2.45) is 0 Å². The van der Waals surface area contributed by atoms with Crippen LogP contribution in [0.3, 0.4) is 0 Å². The second-order valence-corrected chi connectivity index (χ2v) is 5.48. The highest BCUT2D eigenvalue weighted by Crippen LogP contribution is 1.99. The first-order chi connectivity index (χ1) is 7.89. The number of sulfonamides is 1. The van der Waals surface area contributed by atoms with Crippen LogP contribution in [0, 0.1) is 6.92 Å². The van der Waals surface area contributed by atoms with Gasteiger partial charge in [0.1, 0.15) is 0 Å². The number of carbonyl (C=O) groups is 1. The van der Waals surface area contributed by atoms with Gasteiger partial charge in [0.2, 0.25) is 10.0 Å². The van der Waals surface area contributed by atoms with Gasteiger partial charge in [0, 0.05) is 5.69 Å². The molecule has 17 heavy (non-hydrogen) atoms. The van der Waals surface area contributed by atoms with Crippen molar-refractivity contribution in [3.63, 3.8) is 0 Å². The highest BCUT2D eigenvalue weighted by molar-refractivity contribution is 7.89. The molecule has 2 N–H and O–H groups in total. The molecule has 0 atom stereocenters. The largest absolute Gasteiger partial charge is 0.481 e. The molecule has 1 aromatic rings. The van der Waals surface area contributed by atoms with Crippen LogP contribution in [0.5, 0.6) is 0 Å². The Hall–Kier alpha value is -1.47. The zero-order valence-electron chi connectivity index (χ0n) is 9.38. The Morgan fingerprint density at radius 3 is 2.76 bits per heavy atom. The molecule has 1 aromatic heterocycles. The summed E-state index contributed by atoms with van der Waals surface area (Å²) in [5.74, 6) is -1.56. The number of rotatable bonds is 6. The molecule has 0 saturated carbocycles. The van der Waals surface area contributed by atoms with Crippen LogP contribution in [0.4, 0.5) is 0 Å². The molecule has 0 spiro atoms. The van der Waals surface area contributed by atoms with Crippen molar-refractivity contribution >= 4 is 16.0 Å². The van der Waals surface area contributed by atoms with Gasteiger partial charge in [0.25, 0.3) is 0 Å². The predicted octanol–water partition coefficient (Wildman–Crippen LogP) is 0.284. The Morgan fingerprint density at radius 1 is 1.47 bits per heavy atom. The lowest BCUT2D eigenvalue weighted by molar-refractivity contribution is -0.136. The fraction of sp³-hybridized carbons (Fsp3) is 0.400. The molecule has 0 aliphatic heterocycles. The van der Waals surface area contributed by atoms with Crippen molar-refractivity contribution in [3.8, 4) is 0 Å². The molecule has 1 rings (SSSR count). The molecule has 0 amide bonds. The van der Waals surface area contributed by atoms with E-state index in [1.807, 2.05) is 13.0 Å². The maximum Gasteiger partial charge on any atom is 0.304 e. The topological polar surface area (TPSA) is 96.4 Å². The third-order valence-corrected chi connectivity index (χ3v) is 3.33. The third-order valence-electron chi connectivity index (χ3n) is 2.00. The van der Waals surface area contributed by atoms with Gasteiger partial charge in [-0.05, 0) is 19.1 Å². The number of aryl methyl sites for hydroxylation is 1. The highest BCUT2D eigenvalue weighted by atomic mass is 32.2. The molecule has 7 heteroatoms. The summed E-state index contributed by atoms with van der Waals surface area (Å²) >= 11 is 0. The Morgan fingerprint density at radius 2 is 2.18 bits per heavy atom. The Labute approximate surface area is 99.7 Å². The number of hydrogen-bond acceptors (Lipinski definition) is 4. The molecule has 0 bridgehead atoms. The number of aromatic nitrogens is 1. The first-order valence-electron chi connectivity index (χ1n) is 5.01. The standard InChI is InChI=1S/C10H14N2O4S/c1-8-3-2-4-9(12-8)7-11-17(15,16)6-5-10(13)14/h2-4,11H,5-7H2,1H3,(H,13,14). The lowest BCUT2D eigenvalue weighted by atomic mass is 10.3. The zero-order chi connectivity index (χ0) is 12.9. The van der Waals surface area contributed by atoms with Crippen molar-refractivity contribution in [2.45, 2.75) is 19.9 Å². The van der Waals surface area contributed by atoms with Crippen molar-refractivity contribution in [1.29, 1.82) is 0 Å². The van der Waals surface area contributed by atoms with E-state index in [1.165, 1.54) is 0 Å². The SMILES string of the molecule is Cc1cccc(CNS(=O)(=O)CCC(=O)O)n1. The van der Waals surface area contributed by atoms with Crippen molar-refractivity contribution in [3.05, 3.63) is 29.6 Å². The predicted molar refractivity (Wildman–Crippen MR) is 61.9 cm³/mol. The molecule has 0 saturated heterocycles. The van der Waals surface area contributed by atoms with Gasteiger partial charge in [-0.3, -0.25) is 9.78 Å². The van der Waals surface area contributed by atoms with Crippen LogP contribution in [0.15, 0.2) is 18.2 Å². The molecular weight excluding hydrogens is 244 g/mol. The number of carboxylic acid groups (broad SMARTS) is 1. The molecule has 0 aliphatic carbocycles. The van der Waals surface area contributed by atoms with Crippen molar-refractivity contribution in [2.75, 3.05) is 5.75 Å². The summed E-state index contributed by atoms with van der Waals surface area (Å²) in [6.07, 6.45) is -0.406. The Balaban J connectivity index is 2.52. The maximum atomic E-state index is 11.4. The number of pyridine rings is 1. The molecule has 0 radical (unpaired) electrons. The van der Waals surface area contributed by atoms with E-state index < -0.39 is 28.2 Å². The summed E-state index contributed by atoms with van der Waals surface area (Å²) in [5, 5.41) is 8.39. The summed E-state index contributed by atoms with van der Waals surface area (Å²) in [4.78, 5) is 14.4. The van der Waals surface area contributed by atoms with Gasteiger partial charge < -0.3 is 5.11 Å². The van der Waals surface area contributed by atoms with Gasteiger partial charge in [-0.1, -0.05) is 6.07 Å². The van der Waals surface area contributed by atoms with E-state index in [9.17, 15) is 13.2 Å². The van der Waals surface area contributed by atoms with E-state index in [0.717, 1.165) is 5.69 Å². The number of hydrogen-bond donors (Lipinski definition) is 2. The van der Waals surface area contributed by atoms with Gasteiger partial charge in [-0.15, -0.1) is 0 Å². The van der Waals surface area contributed by atoms with Crippen LogP contribution in [0.25, 0.3) is 0 Å². The molecule has 0 aromatic carbocycles. The lowest BCUT2D eigenvalue weighted by Crippen LogP contribution is -2.27. The zero-order valence-corrected chi connectivity index (χ0v) is 10.2. The smallest absolute Gasteiger partial charge is 0.304 e. The second-order valence-electron chi connectivity index (χ2n) is 3.55. The van der Waals surface area contributed by atoms with Crippen LogP contribution in [0.1, 0.15) is 17.8 Å². The number of carboxylic acids is 1. The van der Waals surface area contributed by atoms with Gasteiger partial charge in [-0.2, -0.15) is 0 Å². The fourth-order valence-electron chi connectivity index (χ4n) is 1.18. The minimum absolute atomic E-state index is 0.0730. The molecule has 0 fully saturated rings. The molecule has 6 nitrogen and oxygen atoms in total. The van der Waals surface area contributed by atoms with E-state index in [1.54, 1.807) is 12.1 Å². The normalized spacial score (nSPS) is 11.4. The monoisotopic (exact) mass is 258 g/mol. The third kappa shape index (κ3) is 5.41. The first-order valence-corrected chi connectivity index (χ1v) is 6.66. The van der Waals surface area contributed by atoms with Crippen LogP contribution < -0.4 is 4.72 Å². The van der Waals surface area contributed by atoms with Crippen LogP contribution >= 0.6 is 0 Å². The number of aliphatic carboxylic acids is 1. The van der Waals surface area contributed by atoms with E-state index >= 15 is 0 Å². The molecule has 0 aliphatic rings. The highest BCUT2D eigenvalue weighted by Gasteiger charge is 2.12.